The summed E-state index contributed by atoms with van der Waals surface area (Å²) < 4.78 is 39.6. The molecular formula is C24H24F2N4O5. The third-order valence-electron chi connectivity index (χ3n) is 6.16. The van der Waals surface area contributed by atoms with Crippen LogP contribution in [0.3, 0.4) is 0 Å². The molecule has 0 bridgehead atoms. The number of pyridine rings is 1. The number of esters is 1. The van der Waals surface area contributed by atoms with Crippen LogP contribution in [0.5, 0.6) is 5.75 Å². The van der Waals surface area contributed by atoms with Gasteiger partial charge >= 0.3 is 5.97 Å². The minimum absolute atomic E-state index is 0.0557. The lowest BCUT2D eigenvalue weighted by molar-refractivity contribution is -0.135. The predicted molar refractivity (Wildman–Crippen MR) is 120 cm³/mol. The molecule has 11 heteroatoms. The van der Waals surface area contributed by atoms with Gasteiger partial charge in [-0.05, 0) is 30.5 Å². The smallest absolute Gasteiger partial charge is 0.381 e. The molecule has 9 nitrogen and oxygen atoms in total. The van der Waals surface area contributed by atoms with Gasteiger partial charge in [-0.2, -0.15) is 5.10 Å². The molecule has 0 N–H and O–H groups in total. The Hall–Kier alpha value is -3.89. The zero-order valence-electron chi connectivity index (χ0n) is 19.5. The summed E-state index contributed by atoms with van der Waals surface area (Å²) in [6.07, 6.45) is 0.316. The lowest BCUT2D eigenvalue weighted by Gasteiger charge is -2.36. The summed E-state index contributed by atoms with van der Waals surface area (Å²) in [6, 6.07) is 7.16. The summed E-state index contributed by atoms with van der Waals surface area (Å²) >= 11 is 0. The summed E-state index contributed by atoms with van der Waals surface area (Å²) in [4.78, 5) is 43.4. The van der Waals surface area contributed by atoms with Crippen molar-refractivity contribution >= 4 is 28.7 Å². The number of carbonyl (C=O) groups excluding carboxylic acids is 3. The van der Waals surface area contributed by atoms with Crippen molar-refractivity contribution in [2.75, 3.05) is 27.3 Å². The molecule has 2 aromatic heterocycles. The van der Waals surface area contributed by atoms with Crippen LogP contribution in [-0.4, -0.2) is 70.3 Å². The monoisotopic (exact) mass is 486 g/mol. The van der Waals surface area contributed by atoms with Crippen LogP contribution in [0, 0.1) is 5.82 Å². The van der Waals surface area contributed by atoms with Gasteiger partial charge in [0.05, 0.1) is 14.2 Å². The lowest BCUT2D eigenvalue weighted by atomic mass is 9.87. The van der Waals surface area contributed by atoms with Gasteiger partial charge in [-0.3, -0.25) is 14.3 Å². The lowest BCUT2D eigenvalue weighted by Crippen LogP contribution is -2.45. The van der Waals surface area contributed by atoms with E-state index in [2.05, 4.69) is 14.8 Å². The molecule has 1 saturated heterocycles. The van der Waals surface area contributed by atoms with Gasteiger partial charge in [-0.1, -0.05) is 12.1 Å². The van der Waals surface area contributed by atoms with E-state index in [1.165, 1.54) is 41.9 Å². The molecule has 0 unspecified atom stereocenters. The standard InChI is InChI=1S/C24H24F2N4O5/c1-29-20(21(31)23(33)35-3)18-16(28-29)12-17(34-2)19(27-18)22(32)30-10-8-24(26,9-11-30)13-14-4-6-15(25)7-5-14/h4-7,12H,8-11,13H2,1-3H3. The number of hydrogen-bond acceptors (Lipinski definition) is 7. The highest BCUT2D eigenvalue weighted by Crippen LogP contribution is 2.32. The van der Waals surface area contributed by atoms with Gasteiger partial charge in [0.25, 0.3) is 11.7 Å². The highest BCUT2D eigenvalue weighted by molar-refractivity contribution is 6.42. The SMILES string of the molecule is COC(=O)C(=O)c1c2nc(C(=O)N3CCC(F)(Cc4ccc(F)cc4)CC3)c(OC)cc2nn1C. The normalized spacial score (nSPS) is 15.2. The fourth-order valence-electron chi connectivity index (χ4n) is 4.26. The minimum atomic E-state index is -1.53. The molecule has 0 aliphatic carbocycles. The first-order valence-electron chi connectivity index (χ1n) is 10.9. The Morgan fingerprint density at radius 3 is 2.37 bits per heavy atom. The second-order valence-electron chi connectivity index (χ2n) is 8.45. The number of nitrogens with zero attached hydrogens (tertiary/aromatic N) is 4. The van der Waals surface area contributed by atoms with Crippen LogP contribution in [0.4, 0.5) is 8.78 Å². The van der Waals surface area contributed by atoms with Gasteiger partial charge in [-0.25, -0.2) is 18.6 Å². The van der Waals surface area contributed by atoms with Crippen LogP contribution < -0.4 is 4.74 Å². The maximum atomic E-state index is 15.4. The van der Waals surface area contributed by atoms with E-state index >= 15 is 4.39 Å². The first-order chi connectivity index (χ1) is 16.7. The minimum Gasteiger partial charge on any atom is -0.494 e. The molecule has 0 atom stereocenters. The van der Waals surface area contributed by atoms with Crippen molar-refractivity contribution in [1.82, 2.24) is 19.7 Å². The number of likely N-dealkylation sites (tertiary alicyclic amines) is 1. The number of benzene rings is 1. The van der Waals surface area contributed by atoms with E-state index < -0.39 is 23.3 Å². The molecule has 4 rings (SSSR count). The molecule has 1 aromatic carbocycles. The van der Waals surface area contributed by atoms with Crippen molar-refractivity contribution in [2.45, 2.75) is 24.9 Å². The van der Waals surface area contributed by atoms with Crippen molar-refractivity contribution in [1.29, 1.82) is 0 Å². The zero-order valence-corrected chi connectivity index (χ0v) is 19.5. The zero-order chi connectivity index (χ0) is 25.3. The highest BCUT2D eigenvalue weighted by atomic mass is 19.1. The van der Waals surface area contributed by atoms with E-state index in [-0.39, 0.29) is 66.3 Å². The molecule has 0 radical (unpaired) electrons. The van der Waals surface area contributed by atoms with Crippen LogP contribution in [-0.2, 0) is 23.0 Å². The number of rotatable bonds is 6. The van der Waals surface area contributed by atoms with E-state index in [0.29, 0.717) is 5.56 Å². The molecule has 1 aliphatic heterocycles. The number of ether oxygens (including phenoxy) is 2. The maximum absolute atomic E-state index is 15.4. The second kappa shape index (κ2) is 9.40. The van der Waals surface area contributed by atoms with Crippen molar-refractivity contribution in [3.8, 4) is 5.75 Å². The molecule has 3 heterocycles. The van der Waals surface area contributed by atoms with Gasteiger partial charge < -0.3 is 14.4 Å². The number of methoxy groups -OCH3 is 2. The molecular weight excluding hydrogens is 462 g/mol. The van der Waals surface area contributed by atoms with Gasteiger partial charge in [0.1, 0.15) is 28.2 Å². The van der Waals surface area contributed by atoms with E-state index in [9.17, 15) is 18.8 Å². The Morgan fingerprint density at radius 1 is 1.11 bits per heavy atom. The van der Waals surface area contributed by atoms with Crippen LogP contribution in [0.25, 0.3) is 11.0 Å². The molecule has 1 amide bonds. The van der Waals surface area contributed by atoms with Gasteiger partial charge in [0.2, 0.25) is 0 Å². The van der Waals surface area contributed by atoms with Gasteiger partial charge in [0.15, 0.2) is 11.4 Å². The summed E-state index contributed by atoms with van der Waals surface area (Å²) in [7, 11) is 3.93. The predicted octanol–water partition coefficient (Wildman–Crippen LogP) is 2.66. The highest BCUT2D eigenvalue weighted by Gasteiger charge is 2.37. The Bertz CT molecular complexity index is 1300. The summed E-state index contributed by atoms with van der Waals surface area (Å²) in [6.45, 7) is 0.279. The fraction of sp³-hybridized carbons (Fsp3) is 0.375. The number of carbonyl (C=O) groups is 3. The van der Waals surface area contributed by atoms with Crippen molar-refractivity contribution in [2.24, 2.45) is 7.05 Å². The molecule has 184 valence electrons. The third-order valence-corrected chi connectivity index (χ3v) is 6.16. The number of amides is 1. The van der Waals surface area contributed by atoms with E-state index in [1.807, 2.05) is 0 Å². The Morgan fingerprint density at radius 2 is 1.77 bits per heavy atom. The van der Waals surface area contributed by atoms with Gasteiger partial charge in [-0.15, -0.1) is 0 Å². The van der Waals surface area contributed by atoms with Crippen LogP contribution in [0.15, 0.2) is 30.3 Å². The van der Waals surface area contributed by atoms with Crippen molar-refractivity contribution in [3.63, 3.8) is 0 Å². The first kappa shape index (κ1) is 24.2. The average Bonchev–Trinajstić information content (AvgIpc) is 3.18. The molecule has 1 fully saturated rings. The van der Waals surface area contributed by atoms with Crippen LogP contribution >= 0.6 is 0 Å². The quantitative estimate of drug-likeness (QED) is 0.300. The number of ketones is 1. The maximum Gasteiger partial charge on any atom is 0.381 e. The fourth-order valence-corrected chi connectivity index (χ4v) is 4.26. The average molecular weight is 486 g/mol. The van der Waals surface area contributed by atoms with E-state index in [0.717, 1.165) is 7.11 Å². The topological polar surface area (TPSA) is 104 Å². The number of Topliss-reactive ketones (excluding diaryl/α,β-unsaturated/α-hetero) is 1. The number of piperidine rings is 1. The van der Waals surface area contributed by atoms with E-state index in [4.69, 9.17) is 4.74 Å². The Labute approximate surface area is 199 Å². The van der Waals surface area contributed by atoms with Crippen molar-refractivity contribution in [3.05, 3.63) is 53.1 Å². The van der Waals surface area contributed by atoms with Crippen LogP contribution in [0.2, 0.25) is 0 Å². The Balaban J connectivity index is 1.58. The third kappa shape index (κ3) is 4.71. The second-order valence-corrected chi connectivity index (χ2v) is 8.45. The molecule has 35 heavy (non-hydrogen) atoms. The Kier molecular flexibility index (Phi) is 6.51. The number of hydrogen-bond donors (Lipinski definition) is 0. The van der Waals surface area contributed by atoms with Gasteiger partial charge in [0, 0.05) is 32.6 Å². The number of alkyl halides is 1. The summed E-state index contributed by atoms with van der Waals surface area (Å²) in [5.74, 6) is -2.77. The first-order valence-corrected chi connectivity index (χ1v) is 10.9. The molecule has 0 saturated carbocycles. The molecule has 3 aromatic rings. The number of fused-ring (bicyclic) bond motifs is 1. The number of aromatic nitrogens is 3. The summed E-state index contributed by atoms with van der Waals surface area (Å²) in [5.41, 5.74) is -0.725. The van der Waals surface area contributed by atoms with Crippen molar-refractivity contribution < 1.29 is 32.6 Å². The number of aryl methyl sites for hydroxylation is 1. The molecule has 0 spiro atoms. The van der Waals surface area contributed by atoms with E-state index in [1.54, 1.807) is 12.1 Å². The summed E-state index contributed by atoms with van der Waals surface area (Å²) in [5, 5.41) is 4.18. The molecule has 1 aliphatic rings. The largest absolute Gasteiger partial charge is 0.494 e. The number of halogens is 2. The van der Waals surface area contributed by atoms with Crippen LogP contribution in [0.1, 0.15) is 39.4 Å².